The molecule has 1 saturated heterocycles. The second kappa shape index (κ2) is 6.85. The van der Waals surface area contributed by atoms with Crippen LogP contribution in [0.4, 0.5) is 0 Å². The fourth-order valence-electron chi connectivity index (χ4n) is 3.31. The summed E-state index contributed by atoms with van der Waals surface area (Å²) in [6.07, 6.45) is 6.77. The van der Waals surface area contributed by atoms with Crippen LogP contribution in [-0.4, -0.2) is 29.6 Å². The number of carbonyl (C=O) groups excluding carboxylic acids is 1. The van der Waals surface area contributed by atoms with Gasteiger partial charge in [0.25, 0.3) is 0 Å². The number of amides is 1. The van der Waals surface area contributed by atoms with Crippen LogP contribution in [0.25, 0.3) is 0 Å². The second-order valence-corrected chi connectivity index (χ2v) is 6.61. The molecule has 1 aliphatic carbocycles. The average Bonchev–Trinajstić information content (AvgIpc) is 2.48. The van der Waals surface area contributed by atoms with E-state index in [1.165, 1.54) is 6.42 Å². The maximum atomic E-state index is 12.4. The molecule has 3 N–H and O–H groups in total. The molecule has 0 atom stereocenters. The lowest BCUT2D eigenvalue weighted by molar-refractivity contribution is -0.129. The fraction of sp³-hybridized carbons (Fsp3) is 0.867. The normalized spacial score (nSPS) is 31.8. The highest BCUT2D eigenvalue weighted by atomic mass is 32.1. The molecule has 0 bridgehead atoms. The first-order valence-electron chi connectivity index (χ1n) is 7.77. The van der Waals surface area contributed by atoms with Crippen LogP contribution in [0, 0.1) is 11.8 Å². The lowest BCUT2D eigenvalue weighted by Gasteiger charge is -2.41. The van der Waals surface area contributed by atoms with Crippen LogP contribution >= 0.6 is 12.2 Å². The molecule has 1 aliphatic heterocycles. The topological polar surface area (TPSA) is 64.3 Å². The number of thiocarbonyl (C=S) groups is 1. The summed E-state index contributed by atoms with van der Waals surface area (Å²) in [7, 11) is 0. The quantitative estimate of drug-likeness (QED) is 0.781. The molecule has 2 aliphatic rings. The Kier molecular flexibility index (Phi) is 5.38. The van der Waals surface area contributed by atoms with Gasteiger partial charge in [0, 0.05) is 19.1 Å². The van der Waals surface area contributed by atoms with Gasteiger partial charge in [-0.15, -0.1) is 0 Å². The average molecular weight is 298 g/mol. The van der Waals surface area contributed by atoms with Crippen LogP contribution in [0.3, 0.4) is 0 Å². The van der Waals surface area contributed by atoms with Crippen molar-refractivity contribution in [1.82, 2.24) is 5.32 Å². The highest BCUT2D eigenvalue weighted by Gasteiger charge is 2.40. The van der Waals surface area contributed by atoms with Crippen LogP contribution in [0.1, 0.15) is 51.9 Å². The van der Waals surface area contributed by atoms with Gasteiger partial charge in [-0.25, -0.2) is 0 Å². The Labute approximate surface area is 126 Å². The van der Waals surface area contributed by atoms with E-state index in [0.29, 0.717) is 18.2 Å². The van der Waals surface area contributed by atoms with Crippen molar-refractivity contribution < 1.29 is 9.53 Å². The van der Waals surface area contributed by atoms with Crippen molar-refractivity contribution in [2.75, 3.05) is 13.2 Å². The molecule has 0 unspecified atom stereocenters. The third kappa shape index (κ3) is 3.50. The first-order valence-corrected chi connectivity index (χ1v) is 8.18. The molecular formula is C15H26N2O2S. The van der Waals surface area contributed by atoms with Crippen LogP contribution in [0.15, 0.2) is 0 Å². The molecule has 2 fully saturated rings. The molecule has 4 nitrogen and oxygen atoms in total. The Balaban J connectivity index is 1.98. The number of rotatable bonds is 4. The molecule has 1 amide bonds. The van der Waals surface area contributed by atoms with Crippen LogP contribution < -0.4 is 11.1 Å². The third-order valence-electron chi connectivity index (χ3n) is 4.96. The number of hydrogen-bond donors (Lipinski definition) is 2. The number of ether oxygens (including phenoxy) is 1. The summed E-state index contributed by atoms with van der Waals surface area (Å²) in [6, 6.07) is 0. The smallest absolute Gasteiger partial charge is 0.224 e. The Morgan fingerprint density at radius 3 is 2.40 bits per heavy atom. The van der Waals surface area contributed by atoms with E-state index in [4.69, 9.17) is 22.7 Å². The SMILES string of the molecule is CCC1CCC(NC(=O)C2CCOCC2)(C(N)=S)CC1. The van der Waals surface area contributed by atoms with Crippen molar-refractivity contribution in [1.29, 1.82) is 0 Å². The standard InChI is InChI=1S/C15H26N2O2S/c1-2-11-3-7-15(8-4-11,14(16)20)17-13(18)12-5-9-19-10-6-12/h11-12H,2-10H2,1H3,(H2,16,20)(H,17,18). The van der Waals surface area contributed by atoms with E-state index in [1.807, 2.05) is 0 Å². The molecule has 1 saturated carbocycles. The molecule has 20 heavy (non-hydrogen) atoms. The van der Waals surface area contributed by atoms with Crippen molar-refractivity contribution in [3.63, 3.8) is 0 Å². The van der Waals surface area contributed by atoms with Gasteiger partial charge in [-0.3, -0.25) is 4.79 Å². The maximum absolute atomic E-state index is 12.4. The molecule has 1 heterocycles. The molecule has 0 spiro atoms. The summed E-state index contributed by atoms with van der Waals surface area (Å²) in [5.74, 6) is 0.910. The zero-order valence-electron chi connectivity index (χ0n) is 12.3. The van der Waals surface area contributed by atoms with E-state index in [2.05, 4.69) is 12.2 Å². The Morgan fingerprint density at radius 2 is 1.90 bits per heavy atom. The summed E-state index contributed by atoms with van der Waals surface area (Å²) >= 11 is 5.26. The monoisotopic (exact) mass is 298 g/mol. The Bertz CT molecular complexity index is 359. The lowest BCUT2D eigenvalue weighted by Crippen LogP contribution is -2.59. The highest BCUT2D eigenvalue weighted by molar-refractivity contribution is 7.80. The van der Waals surface area contributed by atoms with Crippen LogP contribution in [0.2, 0.25) is 0 Å². The summed E-state index contributed by atoms with van der Waals surface area (Å²) in [4.78, 5) is 12.9. The molecule has 2 rings (SSSR count). The third-order valence-corrected chi connectivity index (χ3v) is 5.35. The summed E-state index contributed by atoms with van der Waals surface area (Å²) in [5, 5.41) is 3.19. The van der Waals surface area contributed by atoms with Crippen molar-refractivity contribution >= 4 is 23.1 Å². The number of nitrogens with one attached hydrogen (secondary N) is 1. The van der Waals surface area contributed by atoms with E-state index >= 15 is 0 Å². The zero-order chi connectivity index (χ0) is 14.6. The van der Waals surface area contributed by atoms with Gasteiger partial charge in [-0.05, 0) is 44.4 Å². The first kappa shape index (κ1) is 15.7. The minimum atomic E-state index is -0.448. The second-order valence-electron chi connectivity index (χ2n) is 6.17. The maximum Gasteiger partial charge on any atom is 0.224 e. The molecular weight excluding hydrogens is 272 g/mol. The lowest BCUT2D eigenvalue weighted by atomic mass is 9.75. The molecule has 0 aromatic carbocycles. The van der Waals surface area contributed by atoms with Crippen molar-refractivity contribution in [2.45, 2.75) is 57.4 Å². The van der Waals surface area contributed by atoms with E-state index in [1.54, 1.807) is 0 Å². The van der Waals surface area contributed by atoms with E-state index in [-0.39, 0.29) is 11.8 Å². The zero-order valence-corrected chi connectivity index (χ0v) is 13.1. The minimum Gasteiger partial charge on any atom is -0.391 e. The van der Waals surface area contributed by atoms with Crippen molar-refractivity contribution in [3.8, 4) is 0 Å². The minimum absolute atomic E-state index is 0.0545. The summed E-state index contributed by atoms with van der Waals surface area (Å²) < 4.78 is 5.31. The van der Waals surface area contributed by atoms with Gasteiger partial charge in [-0.1, -0.05) is 25.6 Å². The van der Waals surface area contributed by atoms with Gasteiger partial charge in [0.15, 0.2) is 0 Å². The van der Waals surface area contributed by atoms with E-state index in [0.717, 1.165) is 44.4 Å². The van der Waals surface area contributed by atoms with Gasteiger partial charge in [0.05, 0.1) is 10.5 Å². The van der Waals surface area contributed by atoms with Crippen molar-refractivity contribution in [3.05, 3.63) is 0 Å². The highest BCUT2D eigenvalue weighted by Crippen LogP contribution is 2.34. The first-order chi connectivity index (χ1) is 9.57. The predicted octanol–water partition coefficient (Wildman–Crippen LogP) is 2.15. The molecule has 0 aromatic heterocycles. The molecule has 5 heteroatoms. The Hall–Kier alpha value is -0.680. The number of hydrogen-bond acceptors (Lipinski definition) is 3. The summed E-state index contributed by atoms with van der Waals surface area (Å²) in [5.41, 5.74) is 5.51. The Morgan fingerprint density at radius 1 is 1.30 bits per heavy atom. The predicted molar refractivity (Wildman–Crippen MR) is 83.5 cm³/mol. The molecule has 114 valence electrons. The molecule has 0 radical (unpaired) electrons. The number of nitrogens with two attached hydrogens (primary N) is 1. The fourth-order valence-corrected chi connectivity index (χ4v) is 3.56. The number of carbonyl (C=O) groups is 1. The van der Waals surface area contributed by atoms with E-state index < -0.39 is 5.54 Å². The van der Waals surface area contributed by atoms with Gasteiger partial charge >= 0.3 is 0 Å². The van der Waals surface area contributed by atoms with E-state index in [9.17, 15) is 4.79 Å². The van der Waals surface area contributed by atoms with Gasteiger partial charge in [-0.2, -0.15) is 0 Å². The van der Waals surface area contributed by atoms with Gasteiger partial charge in [0.2, 0.25) is 5.91 Å². The molecule has 0 aromatic rings. The largest absolute Gasteiger partial charge is 0.391 e. The van der Waals surface area contributed by atoms with Crippen LogP contribution in [0.5, 0.6) is 0 Å². The van der Waals surface area contributed by atoms with Crippen LogP contribution in [-0.2, 0) is 9.53 Å². The van der Waals surface area contributed by atoms with Gasteiger partial charge in [0.1, 0.15) is 0 Å². The summed E-state index contributed by atoms with van der Waals surface area (Å²) in [6.45, 7) is 3.57. The van der Waals surface area contributed by atoms with Crippen molar-refractivity contribution in [2.24, 2.45) is 17.6 Å². The van der Waals surface area contributed by atoms with Gasteiger partial charge < -0.3 is 15.8 Å².